The maximum absolute atomic E-state index is 12.1. The van der Waals surface area contributed by atoms with Crippen LogP contribution in [0.3, 0.4) is 0 Å². The number of aliphatic hydroxyl groups is 3. The monoisotopic (exact) mass is 777 g/mol. The fourth-order valence-corrected chi connectivity index (χ4v) is 5.36. The predicted octanol–water partition coefficient (Wildman–Crippen LogP) is 3.99. The van der Waals surface area contributed by atoms with Crippen molar-refractivity contribution in [1.82, 2.24) is 0 Å². The molecule has 2 aliphatic heterocycles. The number of para-hydroxylation sites is 5. The average Bonchev–Trinajstić information content (AvgIpc) is 3.39. The van der Waals surface area contributed by atoms with E-state index in [1.165, 1.54) is 14.0 Å². The van der Waals surface area contributed by atoms with Crippen molar-refractivity contribution in [2.75, 3.05) is 74.0 Å². The zero-order valence-corrected chi connectivity index (χ0v) is 32.4. The Labute approximate surface area is 328 Å². The lowest BCUT2D eigenvalue weighted by Gasteiger charge is -2.22. The molecule has 3 aromatic rings. The van der Waals surface area contributed by atoms with Crippen molar-refractivity contribution >= 4 is 63.7 Å². The van der Waals surface area contributed by atoms with Gasteiger partial charge in [-0.25, -0.2) is 4.99 Å². The van der Waals surface area contributed by atoms with Gasteiger partial charge in [0, 0.05) is 51.6 Å². The molecule has 304 valence electrons. The van der Waals surface area contributed by atoms with Gasteiger partial charge in [0.1, 0.15) is 24.4 Å². The number of methoxy groups -OCH3 is 1. The second kappa shape index (κ2) is 26.2. The zero-order chi connectivity index (χ0) is 41.3. The van der Waals surface area contributed by atoms with Crippen molar-refractivity contribution in [2.24, 2.45) is 4.99 Å². The number of nitrogens with zero attached hydrogens (tertiary/aromatic N) is 3. The first-order valence-electron chi connectivity index (χ1n) is 18.5. The lowest BCUT2D eigenvalue weighted by molar-refractivity contribution is -0.145. The number of carbonyl (C=O) groups excluding carboxylic acids is 5. The van der Waals surface area contributed by atoms with Crippen LogP contribution in [-0.4, -0.2) is 104 Å². The first-order chi connectivity index (χ1) is 27.0. The second-order valence-corrected chi connectivity index (χ2v) is 12.4. The van der Waals surface area contributed by atoms with Gasteiger partial charge < -0.3 is 45.6 Å². The highest BCUT2D eigenvalue weighted by Crippen LogP contribution is 2.32. The largest absolute Gasteiger partial charge is 0.484 e. The highest BCUT2D eigenvalue weighted by molar-refractivity contribution is 6.10. The molecule has 0 spiro atoms. The van der Waals surface area contributed by atoms with Gasteiger partial charge in [-0.05, 0) is 69.0 Å². The molecule has 0 aromatic heterocycles. The van der Waals surface area contributed by atoms with Crippen LogP contribution in [-0.2, 0) is 39.9 Å². The number of carbonyl (C=O) groups is 5. The summed E-state index contributed by atoms with van der Waals surface area (Å²) >= 11 is 0. The third kappa shape index (κ3) is 16.4. The predicted molar refractivity (Wildman–Crippen MR) is 216 cm³/mol. The van der Waals surface area contributed by atoms with Crippen molar-refractivity contribution in [2.45, 2.75) is 58.8 Å². The van der Waals surface area contributed by atoms with Gasteiger partial charge in [-0.15, -0.1) is 0 Å². The number of benzene rings is 3. The van der Waals surface area contributed by atoms with Gasteiger partial charge in [-0.2, -0.15) is 0 Å². The third-order valence-corrected chi connectivity index (χ3v) is 7.97. The highest BCUT2D eigenvalue weighted by atomic mass is 16.5. The summed E-state index contributed by atoms with van der Waals surface area (Å²) < 4.78 is 9.60. The van der Waals surface area contributed by atoms with E-state index in [1.54, 1.807) is 16.7 Å². The Bertz CT molecular complexity index is 1750. The number of Topliss-reactive ketones (excluding diaryl/α,β-unsaturated/α-hetero) is 2. The first kappa shape index (κ1) is 46.5. The molecule has 0 saturated heterocycles. The SMILES string of the molecule is CCOC(=O)CC(C)=O.COC1=Nc2ccccc2N(CCCO)C(=O)C1.Nc1ccccc1NCCCO.O=C1CC(=O)N(CCCO)c2ccccc2C1. The van der Waals surface area contributed by atoms with E-state index in [0.29, 0.717) is 44.9 Å². The van der Waals surface area contributed by atoms with E-state index in [2.05, 4.69) is 15.0 Å². The average molecular weight is 778 g/mol. The van der Waals surface area contributed by atoms with Gasteiger partial charge >= 0.3 is 5.97 Å². The van der Waals surface area contributed by atoms with Crippen LogP contribution in [0.25, 0.3) is 0 Å². The third-order valence-electron chi connectivity index (χ3n) is 7.97. The van der Waals surface area contributed by atoms with E-state index < -0.39 is 5.97 Å². The maximum Gasteiger partial charge on any atom is 0.313 e. The van der Waals surface area contributed by atoms with E-state index in [4.69, 9.17) is 25.8 Å². The number of hydrogen-bond donors (Lipinski definition) is 5. The van der Waals surface area contributed by atoms with Crippen molar-refractivity contribution in [3.8, 4) is 0 Å². The zero-order valence-electron chi connectivity index (χ0n) is 32.4. The Kier molecular flexibility index (Phi) is 21.8. The Balaban J connectivity index is 0.000000267. The van der Waals surface area contributed by atoms with Crippen LogP contribution in [0.2, 0.25) is 0 Å². The number of rotatable bonds is 13. The van der Waals surface area contributed by atoms with E-state index in [0.717, 1.165) is 47.0 Å². The number of nitrogen functional groups attached to an aromatic ring is 1. The molecule has 0 aliphatic carbocycles. The van der Waals surface area contributed by atoms with E-state index in [-0.39, 0.29) is 62.5 Å². The minimum atomic E-state index is -0.440. The van der Waals surface area contributed by atoms with Crippen LogP contribution in [0.1, 0.15) is 57.9 Å². The molecular weight excluding hydrogens is 722 g/mol. The number of esters is 1. The summed E-state index contributed by atoms with van der Waals surface area (Å²) in [4.78, 5) is 63.9. The van der Waals surface area contributed by atoms with Gasteiger partial charge in [0.25, 0.3) is 0 Å². The van der Waals surface area contributed by atoms with Crippen LogP contribution in [0.4, 0.5) is 28.4 Å². The molecule has 0 atom stereocenters. The summed E-state index contributed by atoms with van der Waals surface area (Å²) in [6, 6.07) is 22.5. The molecule has 56 heavy (non-hydrogen) atoms. The van der Waals surface area contributed by atoms with Gasteiger partial charge in [0.2, 0.25) is 11.8 Å². The quantitative estimate of drug-likeness (QED) is 0.0720. The van der Waals surface area contributed by atoms with Crippen LogP contribution in [0.5, 0.6) is 0 Å². The Hall–Kier alpha value is -5.64. The van der Waals surface area contributed by atoms with Gasteiger partial charge in [0.15, 0.2) is 5.90 Å². The van der Waals surface area contributed by atoms with Crippen molar-refractivity contribution in [1.29, 1.82) is 0 Å². The summed E-state index contributed by atoms with van der Waals surface area (Å²) in [6.45, 7) is 5.41. The Morgan fingerprint density at radius 3 is 1.96 bits per heavy atom. The number of ether oxygens (including phenoxy) is 2. The van der Waals surface area contributed by atoms with E-state index in [9.17, 15) is 24.0 Å². The summed E-state index contributed by atoms with van der Waals surface area (Å²) in [5.74, 6) is -0.464. The molecule has 2 aliphatic rings. The standard InChI is InChI=1S/C13H16N2O3.C13H15NO3.C9H14N2O.C6H10O3/c1-18-12-9-13(17)15(7-4-8-16)11-6-3-2-5-10(11)14-12;15-7-3-6-14-12-5-2-1-4-10(12)8-11(16)9-13(14)17;10-8-4-1-2-5-9(8)11-6-3-7-12;1-3-9-6(8)4-5(2)7/h2-3,5-6,16H,4,7-9H2,1H3;1-2,4-5,15H,3,6-9H2;1-2,4-5,11-12H,3,6-7,10H2;3-4H2,1-2H3. The smallest absolute Gasteiger partial charge is 0.313 e. The molecular formula is C41H55N5O10. The molecule has 15 nitrogen and oxygen atoms in total. The van der Waals surface area contributed by atoms with Crippen LogP contribution < -0.4 is 20.9 Å². The number of amides is 2. The summed E-state index contributed by atoms with van der Waals surface area (Å²) in [5, 5.41) is 29.4. The molecule has 3 aromatic carbocycles. The molecule has 0 radical (unpaired) electrons. The lowest BCUT2D eigenvalue weighted by atomic mass is 10.1. The van der Waals surface area contributed by atoms with Crippen molar-refractivity contribution in [3.05, 3.63) is 78.4 Å². The molecule has 2 amide bonds. The van der Waals surface area contributed by atoms with Crippen LogP contribution >= 0.6 is 0 Å². The number of anilines is 4. The number of fused-ring (bicyclic) bond motifs is 2. The molecule has 5 rings (SSSR count). The molecule has 2 heterocycles. The molecule has 0 bridgehead atoms. The Morgan fingerprint density at radius 1 is 0.786 bits per heavy atom. The van der Waals surface area contributed by atoms with Gasteiger partial charge in [-0.3, -0.25) is 24.0 Å². The molecule has 0 fully saturated rings. The number of nitrogens with one attached hydrogen (secondary N) is 1. The number of nitrogens with two attached hydrogens (primary N) is 1. The van der Waals surface area contributed by atoms with Crippen molar-refractivity contribution < 1.29 is 48.8 Å². The second-order valence-electron chi connectivity index (χ2n) is 12.4. The molecule has 6 N–H and O–H groups in total. The fraction of sp³-hybridized carbons (Fsp3) is 0.415. The Morgan fingerprint density at radius 2 is 1.36 bits per heavy atom. The fourth-order valence-electron chi connectivity index (χ4n) is 5.36. The molecule has 15 heteroatoms. The minimum Gasteiger partial charge on any atom is -0.484 e. The normalized spacial score (nSPS) is 13.0. The van der Waals surface area contributed by atoms with E-state index in [1.807, 2.05) is 72.8 Å². The maximum atomic E-state index is 12.1. The molecule has 0 unspecified atom stereocenters. The first-order valence-corrected chi connectivity index (χ1v) is 18.5. The highest BCUT2D eigenvalue weighted by Gasteiger charge is 2.26. The number of aliphatic imine (C=N–C) groups is 1. The summed E-state index contributed by atoms with van der Waals surface area (Å²) in [7, 11) is 1.51. The number of hydrogen-bond acceptors (Lipinski definition) is 13. The lowest BCUT2D eigenvalue weighted by Crippen LogP contribution is -2.32. The van der Waals surface area contributed by atoms with Crippen LogP contribution in [0, 0.1) is 0 Å². The minimum absolute atomic E-state index is 0.0416. The number of aliphatic hydroxyl groups excluding tert-OH is 3. The van der Waals surface area contributed by atoms with E-state index >= 15 is 0 Å². The topological polar surface area (TPSA) is 221 Å². The molecule has 0 saturated carbocycles. The summed E-state index contributed by atoms with van der Waals surface area (Å²) in [6.07, 6.45) is 2.13. The van der Waals surface area contributed by atoms with Crippen LogP contribution in [0.15, 0.2) is 77.8 Å². The number of ketones is 2. The van der Waals surface area contributed by atoms with Gasteiger partial charge in [0.05, 0.1) is 42.9 Å². The summed E-state index contributed by atoms with van der Waals surface area (Å²) in [5.41, 5.74) is 10.5. The van der Waals surface area contributed by atoms with Gasteiger partial charge in [-0.1, -0.05) is 42.5 Å². The van der Waals surface area contributed by atoms with Crippen molar-refractivity contribution in [3.63, 3.8) is 0 Å².